The fourth-order valence-electron chi connectivity index (χ4n) is 10.9. The van der Waals surface area contributed by atoms with Gasteiger partial charge in [0.05, 0.1) is 49.2 Å². The van der Waals surface area contributed by atoms with E-state index in [1.807, 2.05) is 60.2 Å². The molecule has 2 aromatic heterocycles. The predicted molar refractivity (Wildman–Crippen MR) is 237 cm³/mol. The van der Waals surface area contributed by atoms with Gasteiger partial charge in [0.15, 0.2) is 0 Å². The highest BCUT2D eigenvalue weighted by Gasteiger charge is 2.61. The van der Waals surface area contributed by atoms with E-state index in [0.717, 1.165) is 81.5 Å². The van der Waals surface area contributed by atoms with E-state index in [4.69, 9.17) is 19.4 Å². The third-order valence-electron chi connectivity index (χ3n) is 14.2. The number of hydrogen-bond donors (Lipinski definition) is 4. The van der Waals surface area contributed by atoms with Gasteiger partial charge in [-0.25, -0.2) is 19.6 Å². The maximum Gasteiger partial charge on any atom is 0.407 e. The van der Waals surface area contributed by atoms with Crippen LogP contribution >= 0.6 is 0 Å². The first-order chi connectivity index (χ1) is 30.5. The van der Waals surface area contributed by atoms with Crippen LogP contribution in [0.4, 0.5) is 9.59 Å². The Bertz CT molecular complexity index is 2730. The first-order valence-corrected chi connectivity index (χ1v) is 22.0. The molecule has 10 rings (SSSR count). The lowest BCUT2D eigenvalue weighted by Gasteiger charge is -2.37. The number of aromatic nitrogens is 4. The number of nitrogens with zero attached hydrogens (tertiary/aromatic N) is 4. The Morgan fingerprint density at radius 2 is 1.51 bits per heavy atom. The first-order valence-electron chi connectivity index (χ1n) is 22.0. The van der Waals surface area contributed by atoms with Crippen molar-refractivity contribution in [1.82, 2.24) is 40.4 Å². The summed E-state index contributed by atoms with van der Waals surface area (Å²) in [5, 5.41) is 7.61. The van der Waals surface area contributed by atoms with E-state index in [0.29, 0.717) is 23.3 Å². The van der Waals surface area contributed by atoms with Crippen LogP contribution in [0.3, 0.4) is 0 Å². The van der Waals surface area contributed by atoms with Crippen LogP contribution in [0.5, 0.6) is 0 Å². The molecule has 9 atom stereocenters. The number of nitrogens with one attached hydrogen (secondary N) is 4. The molecular formula is C49H52N8O6. The molecule has 4 amide bonds. The predicted octanol–water partition coefficient (Wildman–Crippen LogP) is 8.21. The Morgan fingerprint density at radius 1 is 0.778 bits per heavy atom. The number of imidazole rings is 2. The molecule has 0 spiro atoms. The lowest BCUT2D eigenvalue weighted by Crippen LogP contribution is -2.54. The molecule has 2 bridgehead atoms. The van der Waals surface area contributed by atoms with Gasteiger partial charge in [-0.1, -0.05) is 93.6 Å². The molecular weight excluding hydrogens is 797 g/mol. The van der Waals surface area contributed by atoms with Crippen molar-refractivity contribution in [2.75, 3.05) is 14.2 Å². The minimum atomic E-state index is -0.889. The lowest BCUT2D eigenvalue weighted by molar-refractivity contribution is -0.139. The Labute approximate surface area is 365 Å². The van der Waals surface area contributed by atoms with Gasteiger partial charge in [-0.05, 0) is 89.1 Å². The van der Waals surface area contributed by atoms with Crippen LogP contribution in [0, 0.1) is 23.7 Å². The van der Waals surface area contributed by atoms with Crippen LogP contribution in [-0.2, 0) is 19.1 Å². The van der Waals surface area contributed by atoms with E-state index >= 15 is 0 Å². The summed E-state index contributed by atoms with van der Waals surface area (Å²) in [7, 11) is 2.61. The summed E-state index contributed by atoms with van der Waals surface area (Å²) < 4.78 is 9.75. The average molecular weight is 849 g/mol. The Kier molecular flexibility index (Phi) is 10.2. The van der Waals surface area contributed by atoms with Crippen molar-refractivity contribution in [3.63, 3.8) is 0 Å². The molecule has 6 aromatic rings. The van der Waals surface area contributed by atoms with Gasteiger partial charge in [0.2, 0.25) is 5.91 Å². The summed E-state index contributed by atoms with van der Waals surface area (Å²) in [5.74, 6) is 2.17. The third kappa shape index (κ3) is 7.05. The third-order valence-corrected chi connectivity index (χ3v) is 14.2. The number of carbonyl (C=O) groups excluding carboxylic acids is 4. The summed E-state index contributed by atoms with van der Waals surface area (Å²) >= 11 is 0. The fraction of sp³-hybridized carbons (Fsp3) is 0.388. The molecule has 14 heteroatoms. The van der Waals surface area contributed by atoms with Crippen molar-refractivity contribution in [3.05, 3.63) is 108 Å². The second-order valence-electron chi connectivity index (χ2n) is 18.0. The second kappa shape index (κ2) is 15.9. The summed E-state index contributed by atoms with van der Waals surface area (Å²) in [6, 6.07) is 26.4. The Hall–Kier alpha value is -6.70. The van der Waals surface area contributed by atoms with Gasteiger partial charge in [-0.2, -0.15) is 0 Å². The van der Waals surface area contributed by atoms with Crippen LogP contribution in [0.2, 0.25) is 0 Å². The van der Waals surface area contributed by atoms with Gasteiger partial charge in [0.25, 0.3) is 5.91 Å². The SMILES string of the molecule is COC(=O)NC(C(=O)N1[C@@H]2CC[C@@H](C2)[C@H]1c1ncc(-c2ccc(-c3ccc4c(ccc5[nH]c([C@@H]6CC7C(C)C7N6C(=O)[C@H](NC(=O)OC)c6ccccc6)nc54)c3)cc2)[nH]1)C(C)C. The molecule has 324 valence electrons. The molecule has 4 unspecified atom stereocenters. The monoisotopic (exact) mass is 848 g/mol. The summed E-state index contributed by atoms with van der Waals surface area (Å²) in [6.45, 7) is 6.04. The van der Waals surface area contributed by atoms with E-state index in [1.165, 1.54) is 14.2 Å². The number of methoxy groups -OCH3 is 2. The van der Waals surface area contributed by atoms with E-state index in [-0.39, 0.29) is 41.9 Å². The van der Waals surface area contributed by atoms with E-state index in [1.54, 1.807) is 0 Å². The van der Waals surface area contributed by atoms with Gasteiger partial charge < -0.3 is 39.9 Å². The number of amides is 4. The van der Waals surface area contributed by atoms with Crippen LogP contribution in [0.25, 0.3) is 44.2 Å². The molecule has 4 N–H and O–H groups in total. The minimum absolute atomic E-state index is 0.0756. The van der Waals surface area contributed by atoms with Crippen molar-refractivity contribution in [2.24, 2.45) is 23.7 Å². The molecule has 4 fully saturated rings. The number of hydrogen-bond acceptors (Lipinski definition) is 8. The summed E-state index contributed by atoms with van der Waals surface area (Å²) in [6.07, 6.45) is 4.28. The van der Waals surface area contributed by atoms with Crippen LogP contribution in [-0.4, -0.2) is 86.1 Å². The average Bonchev–Trinajstić information content (AvgIpc) is 4.04. The quantitative estimate of drug-likeness (QED) is 0.107. The molecule has 4 heterocycles. The minimum Gasteiger partial charge on any atom is -0.453 e. The van der Waals surface area contributed by atoms with Crippen molar-refractivity contribution in [3.8, 4) is 22.4 Å². The maximum atomic E-state index is 14.4. The van der Waals surface area contributed by atoms with Crippen molar-refractivity contribution >= 4 is 45.8 Å². The highest BCUT2D eigenvalue weighted by atomic mass is 16.5. The number of ether oxygens (including phenoxy) is 2. The number of benzene rings is 4. The number of carbonyl (C=O) groups is 4. The largest absolute Gasteiger partial charge is 0.453 e. The Morgan fingerprint density at radius 3 is 2.25 bits per heavy atom. The molecule has 2 aliphatic heterocycles. The van der Waals surface area contributed by atoms with Gasteiger partial charge in [0, 0.05) is 17.5 Å². The number of rotatable bonds is 10. The topological polar surface area (TPSA) is 175 Å². The standard InChI is InChI=1S/C49H52N8O6/c1-25(2)39(54-48(60)62-4)46(58)56-33-18-15-32(22-33)43(56)45-50-24-37(52-45)28-13-11-27(12-14-28)30-16-19-34-31(21-30)17-20-36-41(34)53-44(51-36)38-23-35-26(3)42(35)57(38)47(59)40(55-49(61)63-5)29-9-7-6-8-10-29/h6-14,16-17,19-21,24-26,32-33,35,38-40,42-43H,15,18,22-23H2,1-5H3,(H,50,52)(H,51,53)(H,54,60)(H,55,61)/t26?,32-,33+,35?,38-,39?,40+,42?,43-/m0/s1. The normalized spacial score (nSPS) is 24.4. The zero-order valence-corrected chi connectivity index (χ0v) is 36.0. The number of piperidine rings is 2. The van der Waals surface area contributed by atoms with Gasteiger partial charge in [-0.15, -0.1) is 0 Å². The second-order valence-corrected chi connectivity index (χ2v) is 18.0. The molecule has 63 heavy (non-hydrogen) atoms. The number of alkyl carbamates (subject to hydrolysis) is 2. The number of aromatic amines is 2. The molecule has 2 saturated carbocycles. The highest BCUT2D eigenvalue weighted by Crippen LogP contribution is 2.58. The summed E-state index contributed by atoms with van der Waals surface area (Å²) in [4.78, 5) is 74.0. The highest BCUT2D eigenvalue weighted by molar-refractivity contribution is 6.05. The maximum absolute atomic E-state index is 14.4. The summed E-state index contributed by atoms with van der Waals surface area (Å²) in [5.41, 5.74) is 6.44. The van der Waals surface area contributed by atoms with Crippen LogP contribution < -0.4 is 10.6 Å². The lowest BCUT2D eigenvalue weighted by atomic mass is 9.95. The van der Waals surface area contributed by atoms with Crippen molar-refractivity contribution in [1.29, 1.82) is 0 Å². The molecule has 4 aromatic carbocycles. The van der Waals surface area contributed by atoms with Gasteiger partial charge in [0.1, 0.15) is 23.7 Å². The molecule has 0 radical (unpaired) electrons. The zero-order chi connectivity index (χ0) is 43.7. The van der Waals surface area contributed by atoms with E-state index in [9.17, 15) is 19.2 Å². The zero-order valence-electron chi connectivity index (χ0n) is 36.0. The smallest absolute Gasteiger partial charge is 0.407 e. The number of likely N-dealkylation sites (tertiary alicyclic amines) is 2. The van der Waals surface area contributed by atoms with Crippen molar-refractivity contribution in [2.45, 2.75) is 82.7 Å². The van der Waals surface area contributed by atoms with Crippen molar-refractivity contribution < 1.29 is 28.7 Å². The number of H-pyrrole nitrogens is 2. The van der Waals surface area contributed by atoms with Gasteiger partial charge in [-0.3, -0.25) is 9.59 Å². The number of fused-ring (bicyclic) bond motifs is 6. The van der Waals surface area contributed by atoms with Gasteiger partial charge >= 0.3 is 12.2 Å². The van der Waals surface area contributed by atoms with Crippen LogP contribution in [0.1, 0.15) is 81.8 Å². The van der Waals surface area contributed by atoms with E-state index in [2.05, 4.69) is 82.1 Å². The molecule has 2 aliphatic carbocycles. The fourth-order valence-corrected chi connectivity index (χ4v) is 10.9. The Balaban J connectivity index is 0.880. The molecule has 2 saturated heterocycles. The van der Waals surface area contributed by atoms with Crippen LogP contribution in [0.15, 0.2) is 91.1 Å². The van der Waals surface area contributed by atoms with E-state index < -0.39 is 24.3 Å². The first kappa shape index (κ1) is 40.4. The molecule has 14 nitrogen and oxygen atoms in total. The molecule has 4 aliphatic rings.